The third-order valence-corrected chi connectivity index (χ3v) is 1.31. The molecule has 1 fully saturated rings. The minimum atomic E-state index is 0.0116. The smallest absolute Gasteiger partial charge is 0.157 e. The van der Waals surface area contributed by atoms with Crippen LogP contribution < -0.4 is 0 Å². The second-order valence-electron chi connectivity index (χ2n) is 2.10. The lowest BCUT2D eigenvalue weighted by Crippen LogP contribution is -2.06. The van der Waals surface area contributed by atoms with Crippen molar-refractivity contribution in [2.75, 3.05) is 13.7 Å². The molecule has 0 aromatic heterocycles. The zero-order valence-electron chi connectivity index (χ0n) is 5.09. The lowest BCUT2D eigenvalue weighted by atomic mass is 10.1. The minimum Gasteiger partial charge on any atom is -0.356 e. The molecule has 1 radical (unpaired) electrons. The van der Waals surface area contributed by atoms with Crippen molar-refractivity contribution in [1.82, 2.24) is 0 Å². The van der Waals surface area contributed by atoms with Gasteiger partial charge in [-0.15, -0.1) is 0 Å². The molecule has 0 aromatic carbocycles. The molecular formula is C6H11O2. The highest BCUT2D eigenvalue weighted by Crippen LogP contribution is 2.17. The first-order chi connectivity index (χ1) is 3.83. The molecule has 2 atom stereocenters. The lowest BCUT2D eigenvalue weighted by Gasteiger charge is -2.03. The summed E-state index contributed by atoms with van der Waals surface area (Å²) in [6.07, 6.45) is 0.953. The van der Waals surface area contributed by atoms with Gasteiger partial charge in [0.15, 0.2) is 6.29 Å². The maximum Gasteiger partial charge on any atom is 0.157 e. The third kappa shape index (κ3) is 1.20. The average Bonchev–Trinajstić information content (AvgIpc) is 2.14. The van der Waals surface area contributed by atoms with Crippen LogP contribution in [0.15, 0.2) is 0 Å². The van der Waals surface area contributed by atoms with Gasteiger partial charge in [-0.25, -0.2) is 0 Å². The van der Waals surface area contributed by atoms with Crippen LogP contribution in [0.3, 0.4) is 0 Å². The molecular weight excluding hydrogens is 104 g/mol. The quantitative estimate of drug-likeness (QED) is 0.504. The molecule has 0 unspecified atom stereocenters. The molecule has 2 heteroatoms. The highest BCUT2D eigenvalue weighted by molar-refractivity contribution is 4.68. The third-order valence-electron chi connectivity index (χ3n) is 1.31. The number of hydrogen-bond donors (Lipinski definition) is 0. The maximum absolute atomic E-state index is 5.13. The van der Waals surface area contributed by atoms with Gasteiger partial charge in [0, 0.05) is 13.5 Å². The van der Waals surface area contributed by atoms with Crippen LogP contribution in [0.1, 0.15) is 6.42 Å². The largest absolute Gasteiger partial charge is 0.356 e. The van der Waals surface area contributed by atoms with E-state index >= 15 is 0 Å². The van der Waals surface area contributed by atoms with Gasteiger partial charge in [-0.05, 0) is 12.8 Å². The van der Waals surface area contributed by atoms with E-state index in [2.05, 4.69) is 6.92 Å². The molecule has 0 N–H and O–H groups in total. The van der Waals surface area contributed by atoms with E-state index in [1.165, 1.54) is 0 Å². The first kappa shape index (κ1) is 6.05. The Morgan fingerprint density at radius 2 is 2.50 bits per heavy atom. The molecule has 1 aliphatic rings. The second-order valence-corrected chi connectivity index (χ2v) is 2.10. The summed E-state index contributed by atoms with van der Waals surface area (Å²) < 4.78 is 10.0. The number of ether oxygens (including phenoxy) is 2. The molecule has 1 heterocycles. The number of methoxy groups -OCH3 is 1. The Labute approximate surface area is 49.8 Å². The van der Waals surface area contributed by atoms with E-state index in [4.69, 9.17) is 9.47 Å². The van der Waals surface area contributed by atoms with Crippen molar-refractivity contribution in [3.63, 3.8) is 0 Å². The van der Waals surface area contributed by atoms with Gasteiger partial charge in [-0.2, -0.15) is 0 Å². The van der Waals surface area contributed by atoms with Crippen molar-refractivity contribution >= 4 is 0 Å². The zero-order valence-corrected chi connectivity index (χ0v) is 5.09. The van der Waals surface area contributed by atoms with Gasteiger partial charge >= 0.3 is 0 Å². The zero-order chi connectivity index (χ0) is 5.98. The second kappa shape index (κ2) is 2.46. The van der Waals surface area contributed by atoms with Crippen molar-refractivity contribution in [3.8, 4) is 0 Å². The molecule has 0 amide bonds. The van der Waals surface area contributed by atoms with Crippen LogP contribution in [-0.4, -0.2) is 20.0 Å². The normalized spacial score (nSPS) is 38.2. The van der Waals surface area contributed by atoms with Crippen LogP contribution in [-0.2, 0) is 9.47 Å². The van der Waals surface area contributed by atoms with E-state index in [0.29, 0.717) is 5.92 Å². The molecule has 2 nitrogen and oxygen atoms in total. The van der Waals surface area contributed by atoms with Crippen LogP contribution in [0.4, 0.5) is 0 Å². The molecule has 1 aliphatic heterocycles. The summed E-state index contributed by atoms with van der Waals surface area (Å²) in [6, 6.07) is 0. The van der Waals surface area contributed by atoms with Crippen LogP contribution in [0.2, 0.25) is 0 Å². The van der Waals surface area contributed by atoms with Gasteiger partial charge in [0.2, 0.25) is 0 Å². The lowest BCUT2D eigenvalue weighted by molar-refractivity contribution is -0.0880. The predicted molar refractivity (Wildman–Crippen MR) is 30.2 cm³/mol. The van der Waals surface area contributed by atoms with Crippen LogP contribution in [0, 0.1) is 12.8 Å². The fourth-order valence-corrected chi connectivity index (χ4v) is 0.816. The molecule has 0 spiro atoms. The standard InChI is InChI=1S/C6H11O2/c1-5-3-6(7-2)8-4-5/h5-6H,1,3-4H2,2H3/t5-,6+/m0/s1. The van der Waals surface area contributed by atoms with Gasteiger partial charge in [0.1, 0.15) is 0 Å². The first-order valence-corrected chi connectivity index (χ1v) is 2.80. The Kier molecular flexibility index (Phi) is 1.86. The van der Waals surface area contributed by atoms with E-state index in [9.17, 15) is 0 Å². The summed E-state index contributed by atoms with van der Waals surface area (Å²) in [7, 11) is 1.66. The SMILES string of the molecule is [CH2][C@@H]1CO[C@@H](OC)C1. The van der Waals surface area contributed by atoms with Gasteiger partial charge < -0.3 is 9.47 Å². The highest BCUT2D eigenvalue weighted by Gasteiger charge is 2.20. The van der Waals surface area contributed by atoms with E-state index in [0.717, 1.165) is 13.0 Å². The van der Waals surface area contributed by atoms with E-state index in [1.807, 2.05) is 0 Å². The summed E-state index contributed by atoms with van der Waals surface area (Å²) in [5.41, 5.74) is 0. The fourth-order valence-electron chi connectivity index (χ4n) is 0.816. The first-order valence-electron chi connectivity index (χ1n) is 2.80. The summed E-state index contributed by atoms with van der Waals surface area (Å²) in [6.45, 7) is 4.58. The summed E-state index contributed by atoms with van der Waals surface area (Å²) in [4.78, 5) is 0. The Bertz CT molecular complexity index is 72.9. The molecule has 47 valence electrons. The van der Waals surface area contributed by atoms with Crippen molar-refractivity contribution in [2.45, 2.75) is 12.7 Å². The summed E-state index contributed by atoms with van der Waals surface area (Å²) in [5.74, 6) is 0.431. The fraction of sp³-hybridized carbons (Fsp3) is 0.833. The van der Waals surface area contributed by atoms with E-state index < -0.39 is 0 Å². The number of rotatable bonds is 1. The monoisotopic (exact) mass is 115 g/mol. The number of hydrogen-bond acceptors (Lipinski definition) is 2. The molecule has 1 rings (SSSR count). The van der Waals surface area contributed by atoms with E-state index in [-0.39, 0.29) is 6.29 Å². The van der Waals surface area contributed by atoms with Gasteiger partial charge in [-0.3, -0.25) is 0 Å². The van der Waals surface area contributed by atoms with Crippen LogP contribution >= 0.6 is 0 Å². The molecule has 1 saturated heterocycles. The van der Waals surface area contributed by atoms with E-state index in [1.54, 1.807) is 7.11 Å². The molecule has 0 aromatic rings. The molecule has 0 bridgehead atoms. The highest BCUT2D eigenvalue weighted by atomic mass is 16.7. The summed E-state index contributed by atoms with van der Waals surface area (Å²) in [5, 5.41) is 0. The van der Waals surface area contributed by atoms with Gasteiger partial charge in [0.05, 0.1) is 6.61 Å². The van der Waals surface area contributed by atoms with Gasteiger partial charge in [0.25, 0.3) is 0 Å². The Morgan fingerprint density at radius 1 is 1.75 bits per heavy atom. The maximum atomic E-state index is 5.13. The van der Waals surface area contributed by atoms with Crippen molar-refractivity contribution < 1.29 is 9.47 Å². The molecule has 0 saturated carbocycles. The minimum absolute atomic E-state index is 0.0116. The van der Waals surface area contributed by atoms with Crippen molar-refractivity contribution in [2.24, 2.45) is 5.92 Å². The van der Waals surface area contributed by atoms with Crippen molar-refractivity contribution in [1.29, 1.82) is 0 Å². The van der Waals surface area contributed by atoms with Crippen molar-refractivity contribution in [3.05, 3.63) is 6.92 Å². The Morgan fingerprint density at radius 3 is 2.75 bits per heavy atom. The Balaban J connectivity index is 2.22. The molecule has 8 heavy (non-hydrogen) atoms. The summed E-state index contributed by atoms with van der Waals surface area (Å²) >= 11 is 0. The van der Waals surface area contributed by atoms with Crippen LogP contribution in [0.5, 0.6) is 0 Å². The van der Waals surface area contributed by atoms with Crippen LogP contribution in [0.25, 0.3) is 0 Å². The van der Waals surface area contributed by atoms with Gasteiger partial charge in [-0.1, -0.05) is 0 Å². The topological polar surface area (TPSA) is 18.5 Å². The predicted octanol–water partition coefficient (Wildman–Crippen LogP) is 0.829. The molecule has 0 aliphatic carbocycles. The average molecular weight is 115 g/mol. The Hall–Kier alpha value is -0.0800.